The zero-order chi connectivity index (χ0) is 24.2. The van der Waals surface area contributed by atoms with Crippen LogP contribution in [0.2, 0.25) is 0 Å². The summed E-state index contributed by atoms with van der Waals surface area (Å²) in [6.07, 6.45) is -0.214. The number of rotatable bonds is 12. The van der Waals surface area contributed by atoms with Gasteiger partial charge in [0.05, 0.1) is 31.5 Å². The second-order valence-electron chi connectivity index (χ2n) is 7.96. The van der Waals surface area contributed by atoms with Crippen molar-refractivity contribution in [2.75, 3.05) is 29.6 Å². The van der Waals surface area contributed by atoms with Gasteiger partial charge in [0.2, 0.25) is 0 Å². The summed E-state index contributed by atoms with van der Waals surface area (Å²) in [4.78, 5) is 42.0. The Hall–Kier alpha value is -1.34. The molecule has 2 fully saturated rings. The molecule has 0 spiro atoms. The average molecular weight is 497 g/mol. The van der Waals surface area contributed by atoms with E-state index in [-0.39, 0.29) is 31.8 Å². The maximum absolute atomic E-state index is 11.6. The minimum Gasteiger partial charge on any atom is -0.481 e. The van der Waals surface area contributed by atoms with Crippen molar-refractivity contribution in [3.8, 4) is 0 Å². The second kappa shape index (κ2) is 14.0. The molecule has 12 heteroatoms. The molecule has 2 aliphatic rings. The molecule has 2 saturated heterocycles. The number of aliphatic hydroxyl groups excluding tert-OH is 1. The smallest absolute Gasteiger partial charge is 0.309 e. The van der Waals surface area contributed by atoms with Gasteiger partial charge in [-0.15, -0.1) is 0 Å². The highest BCUT2D eigenvalue weighted by atomic mass is 32.2. The van der Waals surface area contributed by atoms with Crippen molar-refractivity contribution < 1.29 is 49.1 Å². The molecule has 10 nitrogen and oxygen atoms in total. The standard InChI is InChI=1S/C19H30O9S2.CH2O/c20-12-19(26)8-14(28-17(24)11-19)2-4-30-6-5-29-3-1-13-7-18(25,9-15(21)22)10-16(23)27-13;1-2/h13-14,20,25-26H,1-12H2,(H,21,22);1H2. The van der Waals surface area contributed by atoms with Crippen molar-refractivity contribution in [3.05, 3.63) is 0 Å². The number of carboxylic acids is 1. The first-order valence-corrected chi connectivity index (χ1v) is 12.5. The summed E-state index contributed by atoms with van der Waals surface area (Å²) in [5.41, 5.74) is -2.91. The van der Waals surface area contributed by atoms with E-state index in [2.05, 4.69) is 0 Å². The van der Waals surface area contributed by atoms with Gasteiger partial charge in [-0.2, -0.15) is 23.5 Å². The van der Waals surface area contributed by atoms with E-state index in [9.17, 15) is 29.7 Å². The van der Waals surface area contributed by atoms with Crippen LogP contribution in [0.1, 0.15) is 44.9 Å². The van der Waals surface area contributed by atoms with Crippen LogP contribution in [0.4, 0.5) is 0 Å². The van der Waals surface area contributed by atoms with E-state index >= 15 is 0 Å². The van der Waals surface area contributed by atoms with E-state index in [1.54, 1.807) is 23.5 Å². The quantitative estimate of drug-likeness (QED) is 0.217. The van der Waals surface area contributed by atoms with E-state index < -0.39 is 48.2 Å². The molecule has 0 bridgehead atoms. The zero-order valence-corrected chi connectivity index (χ0v) is 19.5. The first-order chi connectivity index (χ1) is 15.1. The highest BCUT2D eigenvalue weighted by Gasteiger charge is 2.41. The molecule has 4 N–H and O–H groups in total. The third-order valence-electron chi connectivity index (χ3n) is 5.07. The molecule has 0 aromatic rings. The Morgan fingerprint density at radius 2 is 1.34 bits per heavy atom. The van der Waals surface area contributed by atoms with Crippen molar-refractivity contribution in [1.29, 1.82) is 0 Å². The monoisotopic (exact) mass is 496 g/mol. The number of thioether (sulfide) groups is 2. The van der Waals surface area contributed by atoms with Crippen LogP contribution in [0.3, 0.4) is 0 Å². The summed E-state index contributed by atoms with van der Waals surface area (Å²) >= 11 is 3.39. The van der Waals surface area contributed by atoms with Gasteiger partial charge in [0.1, 0.15) is 24.6 Å². The number of cyclic esters (lactones) is 2. The third kappa shape index (κ3) is 10.5. The van der Waals surface area contributed by atoms with Crippen molar-refractivity contribution in [2.45, 2.75) is 68.4 Å². The Labute approximate surface area is 195 Å². The average Bonchev–Trinajstić information content (AvgIpc) is 2.69. The van der Waals surface area contributed by atoms with E-state index in [1.807, 2.05) is 6.79 Å². The number of esters is 2. The molecule has 32 heavy (non-hydrogen) atoms. The van der Waals surface area contributed by atoms with Crippen LogP contribution in [0.5, 0.6) is 0 Å². The van der Waals surface area contributed by atoms with Gasteiger partial charge < -0.3 is 34.7 Å². The molecule has 0 aliphatic carbocycles. The fourth-order valence-corrected chi connectivity index (χ4v) is 5.89. The molecule has 0 aromatic heterocycles. The molecule has 2 aliphatic heterocycles. The lowest BCUT2D eigenvalue weighted by molar-refractivity contribution is -0.175. The third-order valence-corrected chi connectivity index (χ3v) is 7.37. The molecule has 2 rings (SSSR count). The summed E-state index contributed by atoms with van der Waals surface area (Å²) in [6, 6.07) is 0. The molecule has 0 saturated carbocycles. The largest absolute Gasteiger partial charge is 0.481 e. The van der Waals surface area contributed by atoms with Crippen LogP contribution < -0.4 is 0 Å². The normalized spacial score (nSPS) is 30.0. The van der Waals surface area contributed by atoms with Gasteiger partial charge in [-0.25, -0.2) is 0 Å². The zero-order valence-electron chi connectivity index (χ0n) is 17.9. The highest BCUT2D eigenvalue weighted by Crippen LogP contribution is 2.31. The van der Waals surface area contributed by atoms with Crippen LogP contribution >= 0.6 is 23.5 Å². The van der Waals surface area contributed by atoms with E-state index in [4.69, 9.17) is 19.4 Å². The summed E-state index contributed by atoms with van der Waals surface area (Å²) in [5, 5.41) is 38.5. The Balaban J connectivity index is 0.00000249. The SMILES string of the molecule is C=O.O=C(O)CC1(O)CC(=O)OC(CCSCCSCCC2CC(O)(CO)CC(=O)O2)C1. The molecule has 0 aromatic carbocycles. The highest BCUT2D eigenvalue weighted by molar-refractivity contribution is 8.02. The molecular formula is C20H32O10S2. The first kappa shape index (κ1) is 28.7. The Morgan fingerprint density at radius 1 is 0.906 bits per heavy atom. The Bertz CT molecular complexity index is 630. The van der Waals surface area contributed by atoms with Crippen LogP contribution in [-0.2, 0) is 28.7 Å². The van der Waals surface area contributed by atoms with Gasteiger partial charge in [-0.3, -0.25) is 14.4 Å². The number of ether oxygens (including phenoxy) is 2. The van der Waals surface area contributed by atoms with E-state index in [0.717, 1.165) is 23.0 Å². The molecule has 2 heterocycles. The van der Waals surface area contributed by atoms with Crippen LogP contribution in [0, 0.1) is 0 Å². The number of aliphatic hydroxyl groups is 3. The number of hydrogen-bond acceptors (Lipinski definition) is 11. The Kier molecular flexibility index (Phi) is 12.6. The van der Waals surface area contributed by atoms with Gasteiger partial charge in [-0.1, -0.05) is 0 Å². The maximum atomic E-state index is 11.6. The fraction of sp³-hybridized carbons (Fsp3) is 0.800. The topological polar surface area (TPSA) is 168 Å². The molecule has 4 unspecified atom stereocenters. The van der Waals surface area contributed by atoms with Crippen LogP contribution in [0.25, 0.3) is 0 Å². The van der Waals surface area contributed by atoms with Gasteiger partial charge in [0.25, 0.3) is 0 Å². The minimum atomic E-state index is -1.53. The second-order valence-corrected chi connectivity index (χ2v) is 10.4. The van der Waals surface area contributed by atoms with Crippen LogP contribution in [-0.4, -0.2) is 98.2 Å². The molecule has 0 radical (unpaired) electrons. The molecule has 0 amide bonds. The van der Waals surface area contributed by atoms with Crippen molar-refractivity contribution in [3.63, 3.8) is 0 Å². The van der Waals surface area contributed by atoms with Gasteiger partial charge >= 0.3 is 17.9 Å². The Morgan fingerprint density at radius 3 is 1.78 bits per heavy atom. The minimum absolute atomic E-state index is 0.140. The van der Waals surface area contributed by atoms with Crippen LogP contribution in [0.15, 0.2) is 0 Å². The molecule has 4 atom stereocenters. The maximum Gasteiger partial charge on any atom is 0.309 e. The lowest BCUT2D eigenvalue weighted by atomic mass is 9.86. The number of carboxylic acid groups (broad SMARTS) is 1. The lowest BCUT2D eigenvalue weighted by Crippen LogP contribution is -2.46. The number of aliphatic carboxylic acids is 1. The van der Waals surface area contributed by atoms with Gasteiger partial charge in [0.15, 0.2) is 0 Å². The number of hydrogen-bond donors (Lipinski definition) is 4. The van der Waals surface area contributed by atoms with Gasteiger partial charge in [0, 0.05) is 24.3 Å². The number of carbonyl (C=O) groups excluding carboxylic acids is 3. The predicted molar refractivity (Wildman–Crippen MR) is 118 cm³/mol. The summed E-state index contributed by atoms with van der Waals surface area (Å²) in [7, 11) is 0. The number of carbonyl (C=O) groups is 4. The molecule has 184 valence electrons. The summed E-state index contributed by atoms with van der Waals surface area (Å²) in [5.74, 6) is 1.06. The van der Waals surface area contributed by atoms with Crippen molar-refractivity contribution >= 4 is 48.2 Å². The van der Waals surface area contributed by atoms with Crippen molar-refractivity contribution in [2.24, 2.45) is 0 Å². The summed E-state index contributed by atoms with van der Waals surface area (Å²) in [6.45, 7) is 1.55. The molecular weight excluding hydrogens is 464 g/mol. The van der Waals surface area contributed by atoms with Crippen molar-refractivity contribution in [1.82, 2.24) is 0 Å². The van der Waals surface area contributed by atoms with Gasteiger partial charge in [-0.05, 0) is 24.3 Å². The fourth-order valence-electron chi connectivity index (χ4n) is 3.68. The van der Waals surface area contributed by atoms with E-state index in [1.165, 1.54) is 0 Å². The summed E-state index contributed by atoms with van der Waals surface area (Å²) < 4.78 is 10.4. The van der Waals surface area contributed by atoms with E-state index in [0.29, 0.717) is 12.8 Å². The lowest BCUT2D eigenvalue weighted by Gasteiger charge is -2.35. The first-order valence-electron chi connectivity index (χ1n) is 10.2. The predicted octanol–water partition coefficient (Wildman–Crippen LogP) is 0.388.